The lowest BCUT2D eigenvalue weighted by Crippen LogP contribution is -2.47. The Kier molecular flexibility index (Phi) is 9.84. The number of hydrogen-bond acceptors (Lipinski definition) is 5. The molecule has 3 aliphatic heterocycles. The molecule has 3 aliphatic rings. The maximum Gasteiger partial charge on any atom is 0.123 e. The van der Waals surface area contributed by atoms with Crippen molar-refractivity contribution < 1.29 is 13.9 Å². The van der Waals surface area contributed by atoms with Crippen molar-refractivity contribution in [1.29, 1.82) is 0 Å². The first-order valence-corrected chi connectivity index (χ1v) is 15.9. The zero-order valence-electron chi connectivity index (χ0n) is 25.0. The summed E-state index contributed by atoms with van der Waals surface area (Å²) in [5, 5.41) is 18.1. The number of halogens is 2. The molecule has 43 heavy (non-hydrogen) atoms. The van der Waals surface area contributed by atoms with E-state index in [0.717, 1.165) is 107 Å². The highest BCUT2D eigenvalue weighted by atomic mass is 19.1. The highest BCUT2D eigenvalue weighted by Crippen LogP contribution is 2.32. The number of hydrogen-bond donors (Lipinski definition) is 3. The molecule has 3 N–H and O–H groups in total. The van der Waals surface area contributed by atoms with Crippen LogP contribution in [-0.2, 0) is 12.8 Å². The van der Waals surface area contributed by atoms with Crippen molar-refractivity contribution in [2.75, 3.05) is 58.9 Å². The molecule has 3 fully saturated rings. The van der Waals surface area contributed by atoms with E-state index < -0.39 is 0 Å². The minimum atomic E-state index is -0.253. The van der Waals surface area contributed by atoms with E-state index in [1.165, 1.54) is 29.8 Å². The van der Waals surface area contributed by atoms with Crippen LogP contribution >= 0.6 is 0 Å². The number of phenols is 1. The van der Waals surface area contributed by atoms with Crippen LogP contribution < -0.4 is 10.6 Å². The fourth-order valence-electron chi connectivity index (χ4n) is 7.04. The van der Waals surface area contributed by atoms with Crippen LogP contribution in [-0.4, -0.2) is 73.8 Å². The van der Waals surface area contributed by atoms with Crippen molar-refractivity contribution >= 4 is 6.08 Å². The summed E-state index contributed by atoms with van der Waals surface area (Å²) >= 11 is 0. The van der Waals surface area contributed by atoms with E-state index in [0.29, 0.717) is 17.6 Å². The third kappa shape index (κ3) is 7.71. The summed E-state index contributed by atoms with van der Waals surface area (Å²) in [7, 11) is 0. The van der Waals surface area contributed by atoms with Gasteiger partial charge in [-0.3, -0.25) is 9.80 Å². The molecule has 2 atom stereocenters. The molecule has 0 bridgehead atoms. The van der Waals surface area contributed by atoms with Gasteiger partial charge in [-0.25, -0.2) is 8.78 Å². The van der Waals surface area contributed by atoms with E-state index in [1.54, 1.807) is 0 Å². The molecule has 3 heterocycles. The number of benzene rings is 3. The third-order valence-corrected chi connectivity index (χ3v) is 9.45. The maximum atomic E-state index is 13.7. The molecule has 0 radical (unpaired) electrons. The molecule has 2 unspecified atom stereocenters. The van der Waals surface area contributed by atoms with Gasteiger partial charge in [0.15, 0.2) is 0 Å². The second-order valence-corrected chi connectivity index (χ2v) is 12.6. The molecule has 6 rings (SSSR count). The monoisotopic (exact) mass is 586 g/mol. The number of aromatic hydroxyl groups is 1. The Labute approximate surface area is 254 Å². The topological polar surface area (TPSA) is 50.8 Å². The Hall–Kier alpha value is -3.10. The summed E-state index contributed by atoms with van der Waals surface area (Å²) in [6.45, 7) is 8.60. The highest BCUT2D eigenvalue weighted by molar-refractivity contribution is 5.57. The van der Waals surface area contributed by atoms with Crippen LogP contribution in [0.4, 0.5) is 8.78 Å². The van der Waals surface area contributed by atoms with Crippen LogP contribution in [0.15, 0.2) is 66.7 Å². The summed E-state index contributed by atoms with van der Waals surface area (Å²) in [4.78, 5) is 4.87. The van der Waals surface area contributed by atoms with Gasteiger partial charge in [-0.05, 0) is 128 Å². The molecule has 0 aliphatic carbocycles. The third-order valence-electron chi connectivity index (χ3n) is 9.45. The molecule has 7 heteroatoms. The number of nitrogens with zero attached hydrogens (tertiary/aromatic N) is 2. The molecule has 5 nitrogen and oxygen atoms in total. The minimum absolute atomic E-state index is 0.0436. The summed E-state index contributed by atoms with van der Waals surface area (Å²) in [6, 6.07) is 17.7. The predicted molar refractivity (Wildman–Crippen MR) is 169 cm³/mol. The van der Waals surface area contributed by atoms with Crippen LogP contribution in [0.5, 0.6) is 5.75 Å². The van der Waals surface area contributed by atoms with Gasteiger partial charge in [-0.15, -0.1) is 0 Å². The smallest absolute Gasteiger partial charge is 0.123 e. The lowest BCUT2D eigenvalue weighted by Gasteiger charge is -2.39. The van der Waals surface area contributed by atoms with E-state index in [9.17, 15) is 13.9 Å². The lowest BCUT2D eigenvalue weighted by molar-refractivity contribution is 0.118. The Morgan fingerprint density at radius 2 is 1.28 bits per heavy atom. The van der Waals surface area contributed by atoms with E-state index in [4.69, 9.17) is 0 Å². The van der Waals surface area contributed by atoms with E-state index in [1.807, 2.05) is 24.3 Å². The SMILES string of the molecule is Oc1c(CC2CCNC2)cc(C=CCN2CCN(C(c3ccc(F)cc3)c3ccc(F)cc3)CC2)cc1CC1CCNC1. The van der Waals surface area contributed by atoms with Crippen molar-refractivity contribution in [3.63, 3.8) is 0 Å². The standard InChI is InChI=1S/C36H44F2N4O/c37-33-7-3-29(4-8-33)35(30-5-9-34(38)10-6-30)42-18-16-41(17-19-42)15-1-2-26-20-31(22-27-11-13-39-24-27)36(43)32(21-26)23-28-12-14-40-25-28/h1-10,20-21,27-28,35,39-40,43H,11-19,22-25H2. The van der Waals surface area contributed by atoms with Crippen LogP contribution in [0, 0.1) is 23.5 Å². The molecule has 3 aromatic carbocycles. The Morgan fingerprint density at radius 3 is 1.74 bits per heavy atom. The average Bonchev–Trinajstić information content (AvgIpc) is 3.73. The molecule has 0 amide bonds. The van der Waals surface area contributed by atoms with Gasteiger partial charge < -0.3 is 15.7 Å². The average molecular weight is 587 g/mol. The maximum absolute atomic E-state index is 13.7. The van der Waals surface area contributed by atoms with Gasteiger partial charge in [0.2, 0.25) is 0 Å². The summed E-state index contributed by atoms with van der Waals surface area (Å²) in [5.74, 6) is 1.16. The van der Waals surface area contributed by atoms with Gasteiger partial charge in [0.25, 0.3) is 0 Å². The van der Waals surface area contributed by atoms with Crippen LogP contribution in [0.2, 0.25) is 0 Å². The second-order valence-electron chi connectivity index (χ2n) is 12.6. The highest BCUT2D eigenvalue weighted by Gasteiger charge is 2.26. The zero-order chi connectivity index (χ0) is 29.6. The fourth-order valence-corrected chi connectivity index (χ4v) is 7.04. The van der Waals surface area contributed by atoms with E-state index >= 15 is 0 Å². The Balaban J connectivity index is 1.11. The van der Waals surface area contributed by atoms with Gasteiger partial charge in [0.05, 0.1) is 6.04 Å². The van der Waals surface area contributed by atoms with Crippen molar-refractivity contribution in [1.82, 2.24) is 20.4 Å². The lowest BCUT2D eigenvalue weighted by atomic mass is 9.90. The van der Waals surface area contributed by atoms with Crippen molar-refractivity contribution in [2.24, 2.45) is 11.8 Å². The van der Waals surface area contributed by atoms with Gasteiger partial charge in [-0.2, -0.15) is 0 Å². The normalized spacial score (nSPS) is 21.8. The van der Waals surface area contributed by atoms with Gasteiger partial charge in [-0.1, -0.05) is 36.4 Å². The zero-order valence-corrected chi connectivity index (χ0v) is 25.0. The van der Waals surface area contributed by atoms with Crippen LogP contribution in [0.3, 0.4) is 0 Å². The fraction of sp³-hybridized carbons (Fsp3) is 0.444. The summed E-state index contributed by atoms with van der Waals surface area (Å²) < 4.78 is 27.4. The molecule has 3 saturated heterocycles. The number of rotatable bonds is 10. The van der Waals surface area contributed by atoms with Gasteiger partial charge in [0, 0.05) is 32.7 Å². The molecule has 0 saturated carbocycles. The molecular weight excluding hydrogens is 542 g/mol. The van der Waals surface area contributed by atoms with E-state index in [-0.39, 0.29) is 17.7 Å². The van der Waals surface area contributed by atoms with Gasteiger partial charge in [0.1, 0.15) is 17.4 Å². The van der Waals surface area contributed by atoms with Crippen LogP contribution in [0.25, 0.3) is 6.08 Å². The Bertz CT molecular complexity index is 1270. The summed E-state index contributed by atoms with van der Waals surface area (Å²) in [5.41, 5.74) is 5.37. The Morgan fingerprint density at radius 1 is 0.767 bits per heavy atom. The summed E-state index contributed by atoms with van der Waals surface area (Å²) in [6.07, 6.45) is 8.64. The molecular formula is C36H44F2N4O. The quantitative estimate of drug-likeness (QED) is 0.297. The predicted octanol–water partition coefficient (Wildman–Crippen LogP) is 5.39. The van der Waals surface area contributed by atoms with Crippen molar-refractivity contribution in [2.45, 2.75) is 31.7 Å². The first-order chi connectivity index (χ1) is 21.0. The number of nitrogens with one attached hydrogen (secondary N) is 2. The van der Waals surface area contributed by atoms with Gasteiger partial charge >= 0.3 is 0 Å². The number of piperazine rings is 1. The first kappa shape index (κ1) is 29.9. The number of phenolic OH excluding ortho intramolecular Hbond substituents is 1. The molecule has 3 aromatic rings. The van der Waals surface area contributed by atoms with Crippen molar-refractivity contribution in [3.05, 3.63) is 106 Å². The second kappa shape index (κ2) is 14.1. The first-order valence-electron chi connectivity index (χ1n) is 15.9. The largest absolute Gasteiger partial charge is 0.507 e. The van der Waals surface area contributed by atoms with E-state index in [2.05, 4.69) is 44.7 Å². The molecule has 0 aromatic heterocycles. The molecule has 228 valence electrons. The van der Waals surface area contributed by atoms with Crippen molar-refractivity contribution in [3.8, 4) is 5.75 Å². The van der Waals surface area contributed by atoms with Crippen LogP contribution in [0.1, 0.15) is 46.7 Å². The molecule has 0 spiro atoms. The minimum Gasteiger partial charge on any atom is -0.507 e.